The van der Waals surface area contributed by atoms with Gasteiger partial charge in [0, 0.05) is 0 Å². The Bertz CT molecular complexity index is 412. The highest BCUT2D eigenvalue weighted by atomic mass is 13.9. The summed E-state index contributed by atoms with van der Waals surface area (Å²) >= 11 is 0. The molecule has 0 bridgehead atoms. The van der Waals surface area contributed by atoms with Crippen LogP contribution in [-0.2, 0) is 6.42 Å². The predicted molar refractivity (Wildman–Crippen MR) is 101 cm³/mol. The quantitative estimate of drug-likeness (QED) is 0.511. The van der Waals surface area contributed by atoms with Crippen molar-refractivity contribution in [1.29, 1.82) is 0 Å². The van der Waals surface area contributed by atoms with Crippen LogP contribution in [0.4, 0.5) is 0 Å². The second kappa shape index (κ2) is 15.8. The van der Waals surface area contributed by atoms with Gasteiger partial charge >= 0.3 is 0 Å². The first-order valence-corrected chi connectivity index (χ1v) is 8.80. The first-order chi connectivity index (χ1) is 10.7. The molecule has 0 nitrogen and oxygen atoms in total. The molecule has 0 atom stereocenters. The maximum atomic E-state index is 2.25. The second-order valence-electron chi connectivity index (χ2n) is 5.55. The monoisotopic (exact) mass is 298 g/mol. The molecule has 0 saturated carbocycles. The van der Waals surface area contributed by atoms with E-state index in [0.29, 0.717) is 0 Å². The summed E-state index contributed by atoms with van der Waals surface area (Å²) in [5, 5.41) is 0. The van der Waals surface area contributed by atoms with Gasteiger partial charge in [0.05, 0.1) is 0 Å². The van der Waals surface area contributed by atoms with E-state index in [1.807, 2.05) is 24.3 Å². The second-order valence-corrected chi connectivity index (χ2v) is 5.55. The zero-order chi connectivity index (χ0) is 16.5. The van der Waals surface area contributed by atoms with Crippen molar-refractivity contribution in [2.24, 2.45) is 0 Å². The van der Waals surface area contributed by atoms with E-state index in [0.717, 1.165) is 6.42 Å². The van der Waals surface area contributed by atoms with E-state index in [1.165, 1.54) is 43.2 Å². The largest absolute Gasteiger partial charge is 0.0654 e. The maximum absolute atomic E-state index is 2.25. The molecular formula is C22H34. The van der Waals surface area contributed by atoms with Crippen LogP contribution in [0, 0.1) is 6.92 Å². The summed E-state index contributed by atoms with van der Waals surface area (Å²) in [7, 11) is 0. The number of unbranched alkanes of at least 4 members (excludes halogenated alkanes) is 4. The van der Waals surface area contributed by atoms with Crippen LogP contribution in [0.25, 0.3) is 0 Å². The first-order valence-electron chi connectivity index (χ1n) is 8.80. The highest BCUT2D eigenvalue weighted by molar-refractivity contribution is 5.14. The smallest absolute Gasteiger partial charge is 0.0307 e. The van der Waals surface area contributed by atoms with Crippen molar-refractivity contribution in [2.45, 2.75) is 66.2 Å². The van der Waals surface area contributed by atoms with Crippen molar-refractivity contribution in [3.63, 3.8) is 0 Å². The van der Waals surface area contributed by atoms with Crippen molar-refractivity contribution in [1.82, 2.24) is 0 Å². The fourth-order valence-electron chi connectivity index (χ4n) is 1.92. The molecule has 2 aromatic rings. The third-order valence-corrected chi connectivity index (χ3v) is 3.40. The number of hydrogen-bond acceptors (Lipinski definition) is 0. The molecule has 0 N–H and O–H groups in total. The van der Waals surface area contributed by atoms with Crippen LogP contribution >= 0.6 is 0 Å². The molecule has 0 aliphatic heterocycles. The zero-order valence-corrected chi connectivity index (χ0v) is 15.0. The van der Waals surface area contributed by atoms with Crippen molar-refractivity contribution < 1.29 is 0 Å². The molecule has 0 fully saturated rings. The molecule has 2 rings (SSSR count). The lowest BCUT2D eigenvalue weighted by atomic mass is 10.2. The molecule has 0 aliphatic carbocycles. The Morgan fingerprint density at radius 1 is 0.591 bits per heavy atom. The van der Waals surface area contributed by atoms with E-state index in [-0.39, 0.29) is 0 Å². The Labute approximate surface area is 138 Å². The normalized spacial score (nSPS) is 9.09. The summed E-state index contributed by atoms with van der Waals surface area (Å²) < 4.78 is 0. The van der Waals surface area contributed by atoms with Gasteiger partial charge in [-0.05, 0) is 18.9 Å². The minimum Gasteiger partial charge on any atom is -0.0654 e. The summed E-state index contributed by atoms with van der Waals surface area (Å²) in [5.41, 5.74) is 2.73. The molecule has 122 valence electrons. The van der Waals surface area contributed by atoms with E-state index < -0.39 is 0 Å². The topological polar surface area (TPSA) is 0 Å². The third kappa shape index (κ3) is 13.4. The highest BCUT2D eigenvalue weighted by Crippen LogP contribution is 2.00. The van der Waals surface area contributed by atoms with Gasteiger partial charge < -0.3 is 0 Å². The van der Waals surface area contributed by atoms with Gasteiger partial charge in [0.2, 0.25) is 0 Å². The van der Waals surface area contributed by atoms with E-state index >= 15 is 0 Å². The SMILES string of the molecule is CCCCCCC.CCc1ccccc1.Cc1ccccc1. The molecule has 0 unspecified atom stereocenters. The van der Waals surface area contributed by atoms with E-state index in [2.05, 4.69) is 64.1 Å². The minimum atomic E-state index is 1.14. The van der Waals surface area contributed by atoms with Crippen molar-refractivity contribution in [3.8, 4) is 0 Å². The van der Waals surface area contributed by atoms with Crippen LogP contribution in [0.5, 0.6) is 0 Å². The van der Waals surface area contributed by atoms with Crippen LogP contribution in [0.3, 0.4) is 0 Å². The van der Waals surface area contributed by atoms with Gasteiger partial charge in [-0.25, -0.2) is 0 Å². The van der Waals surface area contributed by atoms with Gasteiger partial charge in [0.25, 0.3) is 0 Å². The van der Waals surface area contributed by atoms with Gasteiger partial charge in [-0.2, -0.15) is 0 Å². The van der Waals surface area contributed by atoms with Gasteiger partial charge in [0.1, 0.15) is 0 Å². The van der Waals surface area contributed by atoms with Gasteiger partial charge in [-0.1, -0.05) is 119 Å². The molecule has 0 aliphatic rings. The molecule has 0 aromatic heterocycles. The molecule has 22 heavy (non-hydrogen) atoms. The van der Waals surface area contributed by atoms with Gasteiger partial charge in [0.15, 0.2) is 0 Å². The zero-order valence-electron chi connectivity index (χ0n) is 15.0. The van der Waals surface area contributed by atoms with Crippen molar-refractivity contribution in [2.75, 3.05) is 0 Å². The lowest BCUT2D eigenvalue weighted by Gasteiger charge is -1.90. The van der Waals surface area contributed by atoms with E-state index in [1.54, 1.807) is 0 Å². The van der Waals surface area contributed by atoms with Crippen molar-refractivity contribution >= 4 is 0 Å². The summed E-state index contributed by atoms with van der Waals surface area (Å²) in [6.07, 6.45) is 8.15. The number of hydrogen-bond donors (Lipinski definition) is 0. The standard InChI is InChI=1S/C8H10.C7H8.C7H16/c1-2-8-6-4-3-5-7-8;1-7-5-3-2-4-6-7;1-3-5-7-6-4-2/h3-7H,2H2,1H3;2-6H,1H3;3-7H2,1-2H3. The van der Waals surface area contributed by atoms with Gasteiger partial charge in [-0.15, -0.1) is 0 Å². The number of rotatable bonds is 5. The summed E-state index contributed by atoms with van der Waals surface area (Å²) in [6.45, 7) is 8.74. The summed E-state index contributed by atoms with van der Waals surface area (Å²) in [6, 6.07) is 20.7. The van der Waals surface area contributed by atoms with E-state index in [9.17, 15) is 0 Å². The molecule has 0 heterocycles. The van der Waals surface area contributed by atoms with Crippen LogP contribution < -0.4 is 0 Å². The first kappa shape index (κ1) is 20.4. The average Bonchev–Trinajstić information content (AvgIpc) is 2.58. The Kier molecular flexibility index (Phi) is 14.7. The summed E-state index contributed by atoms with van der Waals surface area (Å²) in [5.74, 6) is 0. The Balaban J connectivity index is 0.000000302. The highest BCUT2D eigenvalue weighted by Gasteiger charge is 1.80. The Morgan fingerprint density at radius 2 is 1.05 bits per heavy atom. The number of benzene rings is 2. The van der Waals surface area contributed by atoms with Crippen molar-refractivity contribution in [3.05, 3.63) is 71.8 Å². The molecule has 0 radical (unpaired) electrons. The predicted octanol–water partition coefficient (Wildman–Crippen LogP) is 7.22. The van der Waals surface area contributed by atoms with E-state index in [4.69, 9.17) is 0 Å². The molecule has 0 heteroatoms. The molecule has 0 saturated heterocycles. The maximum Gasteiger partial charge on any atom is -0.0307 e. The fourth-order valence-corrected chi connectivity index (χ4v) is 1.92. The van der Waals surface area contributed by atoms with Gasteiger partial charge in [-0.3, -0.25) is 0 Å². The van der Waals surface area contributed by atoms with Crippen LogP contribution in [0.1, 0.15) is 64.0 Å². The lowest BCUT2D eigenvalue weighted by Crippen LogP contribution is -1.73. The van der Waals surface area contributed by atoms with Crippen LogP contribution in [0.2, 0.25) is 0 Å². The molecule has 0 amide bonds. The van der Waals surface area contributed by atoms with Crippen LogP contribution in [0.15, 0.2) is 60.7 Å². The minimum absolute atomic E-state index is 1.14. The fraction of sp³-hybridized carbons (Fsp3) is 0.455. The number of aryl methyl sites for hydroxylation is 2. The Hall–Kier alpha value is -1.56. The molecular weight excluding hydrogens is 264 g/mol. The molecule has 0 spiro atoms. The summed E-state index contributed by atoms with van der Waals surface area (Å²) in [4.78, 5) is 0. The molecule has 2 aromatic carbocycles. The average molecular weight is 299 g/mol. The Morgan fingerprint density at radius 3 is 1.32 bits per heavy atom. The van der Waals surface area contributed by atoms with Crippen LogP contribution in [-0.4, -0.2) is 0 Å². The lowest BCUT2D eigenvalue weighted by molar-refractivity contribution is 0.656. The third-order valence-electron chi connectivity index (χ3n) is 3.40.